The largest absolute Gasteiger partial charge is 0.495 e. The second-order valence-electron chi connectivity index (χ2n) is 4.92. The molecule has 118 valence electrons. The first-order valence-electron chi connectivity index (χ1n) is 6.88. The quantitative estimate of drug-likeness (QED) is 0.784. The van der Waals surface area contributed by atoms with E-state index in [2.05, 4.69) is 32.9 Å². The number of nitrogens with zero attached hydrogens (tertiary/aromatic N) is 3. The van der Waals surface area contributed by atoms with Crippen LogP contribution < -0.4 is 15.0 Å². The third-order valence-electron chi connectivity index (χ3n) is 3.30. The number of ether oxygens (including phenoxy) is 2. The van der Waals surface area contributed by atoms with Crippen molar-refractivity contribution < 1.29 is 9.47 Å². The molecule has 0 bridgehead atoms. The molecule has 2 heterocycles. The molecule has 0 saturated carbocycles. The lowest BCUT2D eigenvalue weighted by Gasteiger charge is -2.12. The molecule has 0 spiro atoms. The van der Waals surface area contributed by atoms with Gasteiger partial charge in [-0.2, -0.15) is 0 Å². The van der Waals surface area contributed by atoms with Gasteiger partial charge >= 0.3 is 0 Å². The van der Waals surface area contributed by atoms with Crippen molar-refractivity contribution in [1.29, 1.82) is 0 Å². The molecule has 0 aliphatic heterocycles. The summed E-state index contributed by atoms with van der Waals surface area (Å²) in [5.74, 6) is 1.41. The number of aromatic nitrogens is 3. The number of methoxy groups -OCH3 is 1. The normalized spacial score (nSPS) is 12.0. The summed E-state index contributed by atoms with van der Waals surface area (Å²) in [6.45, 7) is 2.58. The van der Waals surface area contributed by atoms with Crippen LogP contribution in [0.15, 0.2) is 33.7 Å². The topological polar surface area (TPSA) is 66.2 Å². The van der Waals surface area contributed by atoms with Crippen LogP contribution in [0.25, 0.3) is 0 Å². The van der Waals surface area contributed by atoms with Gasteiger partial charge in [0.1, 0.15) is 5.75 Å². The summed E-state index contributed by atoms with van der Waals surface area (Å²) in [7, 11) is 3.20. The second kappa shape index (κ2) is 7.40. The highest BCUT2D eigenvalue weighted by molar-refractivity contribution is 9.10. The lowest BCUT2D eigenvalue weighted by atomic mass is 10.0. The van der Waals surface area contributed by atoms with Gasteiger partial charge in [-0.1, -0.05) is 6.92 Å². The van der Waals surface area contributed by atoms with Crippen molar-refractivity contribution in [1.82, 2.24) is 14.8 Å². The number of aryl methyl sites for hydroxylation is 1. The molecule has 0 fully saturated rings. The van der Waals surface area contributed by atoms with Crippen LogP contribution >= 0.6 is 15.9 Å². The smallest absolute Gasteiger partial charge is 0.281 e. The summed E-state index contributed by atoms with van der Waals surface area (Å²) in [5, 5.41) is 4.05. The maximum atomic E-state index is 11.5. The molecule has 6 nitrogen and oxygen atoms in total. The van der Waals surface area contributed by atoms with E-state index in [4.69, 9.17) is 9.47 Å². The van der Waals surface area contributed by atoms with E-state index >= 15 is 0 Å². The van der Waals surface area contributed by atoms with Crippen LogP contribution in [0.5, 0.6) is 11.6 Å². The molecule has 22 heavy (non-hydrogen) atoms. The molecule has 0 aliphatic carbocycles. The van der Waals surface area contributed by atoms with Gasteiger partial charge in [0, 0.05) is 24.7 Å². The first-order valence-corrected chi connectivity index (χ1v) is 7.67. The van der Waals surface area contributed by atoms with Crippen LogP contribution in [-0.2, 0) is 7.05 Å². The van der Waals surface area contributed by atoms with E-state index in [1.165, 1.54) is 4.68 Å². The Bertz CT molecular complexity index is 659. The van der Waals surface area contributed by atoms with Gasteiger partial charge in [0.15, 0.2) is 0 Å². The molecule has 0 N–H and O–H groups in total. The Labute approximate surface area is 137 Å². The average Bonchev–Trinajstić information content (AvgIpc) is 2.52. The van der Waals surface area contributed by atoms with Crippen molar-refractivity contribution in [2.45, 2.75) is 19.3 Å². The molecular formula is C15H18BrN3O3. The SMILES string of the molecule is COc1ccc([C@H](C)CCOc2cc(Br)c(=O)n(C)n2)nc1. The van der Waals surface area contributed by atoms with E-state index in [0.29, 0.717) is 17.0 Å². The highest BCUT2D eigenvalue weighted by Gasteiger charge is 2.09. The lowest BCUT2D eigenvalue weighted by Crippen LogP contribution is -2.20. The van der Waals surface area contributed by atoms with E-state index in [1.54, 1.807) is 26.4 Å². The van der Waals surface area contributed by atoms with Crippen LogP contribution in [0.2, 0.25) is 0 Å². The Kier molecular flexibility index (Phi) is 5.54. The van der Waals surface area contributed by atoms with Crippen molar-refractivity contribution in [2.24, 2.45) is 7.05 Å². The highest BCUT2D eigenvalue weighted by atomic mass is 79.9. The monoisotopic (exact) mass is 367 g/mol. The van der Waals surface area contributed by atoms with Crippen molar-refractivity contribution in [3.05, 3.63) is 44.9 Å². The molecule has 2 aromatic rings. The van der Waals surface area contributed by atoms with E-state index in [-0.39, 0.29) is 11.5 Å². The minimum absolute atomic E-state index is 0.192. The number of halogens is 1. The molecule has 2 aromatic heterocycles. The molecular weight excluding hydrogens is 350 g/mol. The van der Waals surface area contributed by atoms with Gasteiger partial charge in [-0.25, -0.2) is 4.68 Å². The summed E-state index contributed by atoms with van der Waals surface area (Å²) in [6.07, 6.45) is 2.50. The zero-order valence-corrected chi connectivity index (χ0v) is 14.3. The standard InChI is InChI=1S/C15H18BrN3O3/c1-10(13-5-4-11(21-3)9-17-13)6-7-22-14-8-12(16)15(20)19(2)18-14/h4-5,8-10H,6-7H2,1-3H3/t10-/m1/s1. The third kappa shape index (κ3) is 4.07. The van der Waals surface area contributed by atoms with E-state index in [1.807, 2.05) is 12.1 Å². The van der Waals surface area contributed by atoms with E-state index in [9.17, 15) is 4.79 Å². The molecule has 0 saturated heterocycles. The summed E-state index contributed by atoms with van der Waals surface area (Å²) in [5.41, 5.74) is 0.794. The zero-order chi connectivity index (χ0) is 16.1. The first kappa shape index (κ1) is 16.5. The Morgan fingerprint density at radius 1 is 1.41 bits per heavy atom. The van der Waals surface area contributed by atoms with Crippen molar-refractivity contribution in [2.75, 3.05) is 13.7 Å². The summed E-state index contributed by atoms with van der Waals surface area (Å²) >= 11 is 3.19. The molecule has 0 aliphatic rings. The van der Waals surface area contributed by atoms with Crippen LogP contribution in [0.3, 0.4) is 0 Å². The van der Waals surface area contributed by atoms with Crippen LogP contribution in [0.1, 0.15) is 25.0 Å². The minimum atomic E-state index is -0.192. The van der Waals surface area contributed by atoms with Crippen molar-refractivity contribution in [3.8, 4) is 11.6 Å². The Hall–Kier alpha value is -1.89. The molecule has 0 amide bonds. The molecule has 7 heteroatoms. The van der Waals surface area contributed by atoms with Gasteiger partial charge in [0.2, 0.25) is 5.88 Å². The van der Waals surface area contributed by atoms with Crippen LogP contribution in [0.4, 0.5) is 0 Å². The maximum absolute atomic E-state index is 11.5. The number of hydrogen-bond acceptors (Lipinski definition) is 5. The predicted octanol–water partition coefficient (Wildman–Crippen LogP) is 2.52. The fourth-order valence-corrected chi connectivity index (χ4v) is 2.36. The maximum Gasteiger partial charge on any atom is 0.281 e. The van der Waals surface area contributed by atoms with Crippen molar-refractivity contribution in [3.63, 3.8) is 0 Å². The minimum Gasteiger partial charge on any atom is -0.495 e. The lowest BCUT2D eigenvalue weighted by molar-refractivity contribution is 0.281. The van der Waals surface area contributed by atoms with Gasteiger partial charge in [-0.05, 0) is 34.5 Å². The second-order valence-corrected chi connectivity index (χ2v) is 5.77. The Morgan fingerprint density at radius 3 is 2.77 bits per heavy atom. The Morgan fingerprint density at radius 2 is 2.18 bits per heavy atom. The van der Waals surface area contributed by atoms with Crippen molar-refractivity contribution >= 4 is 15.9 Å². The van der Waals surface area contributed by atoms with E-state index in [0.717, 1.165) is 17.9 Å². The van der Waals surface area contributed by atoms with E-state index < -0.39 is 0 Å². The fourth-order valence-electron chi connectivity index (χ4n) is 1.91. The van der Waals surface area contributed by atoms with Gasteiger partial charge in [-0.3, -0.25) is 9.78 Å². The summed E-state index contributed by atoms with van der Waals surface area (Å²) in [6, 6.07) is 5.43. The molecule has 0 unspecified atom stereocenters. The summed E-state index contributed by atoms with van der Waals surface area (Å²) < 4.78 is 12.4. The molecule has 1 atom stereocenters. The number of rotatable bonds is 6. The average molecular weight is 368 g/mol. The third-order valence-corrected chi connectivity index (χ3v) is 3.87. The van der Waals surface area contributed by atoms with Gasteiger partial charge in [0.25, 0.3) is 5.56 Å². The summed E-state index contributed by atoms with van der Waals surface area (Å²) in [4.78, 5) is 15.9. The van der Waals surface area contributed by atoms with Crippen LogP contribution in [0, 0.1) is 0 Å². The van der Waals surface area contributed by atoms with Gasteiger partial charge in [-0.15, -0.1) is 5.10 Å². The van der Waals surface area contributed by atoms with Gasteiger partial charge in [0.05, 0.1) is 24.4 Å². The Balaban J connectivity index is 1.91. The van der Waals surface area contributed by atoms with Crippen LogP contribution in [-0.4, -0.2) is 28.5 Å². The molecule has 2 rings (SSSR count). The van der Waals surface area contributed by atoms with Gasteiger partial charge < -0.3 is 9.47 Å². The predicted molar refractivity (Wildman–Crippen MR) is 86.5 cm³/mol. The highest BCUT2D eigenvalue weighted by Crippen LogP contribution is 2.19. The molecule has 0 aromatic carbocycles. The molecule has 0 radical (unpaired) electrons. The fraction of sp³-hybridized carbons (Fsp3) is 0.400. The first-order chi connectivity index (χ1) is 10.5. The number of hydrogen-bond donors (Lipinski definition) is 0. The number of pyridine rings is 1. The zero-order valence-electron chi connectivity index (χ0n) is 12.7.